The largest absolute Gasteiger partial charge is 0.389 e. The molecule has 1 aromatic carbocycles. The van der Waals surface area contributed by atoms with Crippen molar-refractivity contribution in [2.75, 3.05) is 39.7 Å². The van der Waals surface area contributed by atoms with Gasteiger partial charge in [0.25, 0.3) is 0 Å². The molecule has 1 aromatic heterocycles. The molecule has 2 N–H and O–H groups in total. The molecule has 1 saturated heterocycles. The number of aromatic nitrogens is 1. The molecule has 3 rings (SSSR count). The third-order valence-corrected chi connectivity index (χ3v) is 4.81. The van der Waals surface area contributed by atoms with Crippen molar-refractivity contribution < 1.29 is 19.1 Å². The van der Waals surface area contributed by atoms with Gasteiger partial charge < -0.3 is 19.6 Å². The summed E-state index contributed by atoms with van der Waals surface area (Å²) < 4.78 is 10.8. The van der Waals surface area contributed by atoms with Crippen LogP contribution in [0.2, 0.25) is 0 Å². The summed E-state index contributed by atoms with van der Waals surface area (Å²) in [7, 11) is 5.33. The van der Waals surface area contributed by atoms with E-state index in [0.717, 1.165) is 12.0 Å². The number of hydrogen-bond acceptors (Lipinski definition) is 8. The Balaban J connectivity index is 1.65. The van der Waals surface area contributed by atoms with Crippen LogP contribution in [0.1, 0.15) is 24.1 Å². The zero-order valence-corrected chi connectivity index (χ0v) is 19.2. The van der Waals surface area contributed by atoms with Gasteiger partial charge in [-0.25, -0.2) is 10.4 Å². The highest BCUT2D eigenvalue weighted by molar-refractivity contribution is 6.47. The number of hydrazine groups is 1. The van der Waals surface area contributed by atoms with Crippen LogP contribution in [0.25, 0.3) is 0 Å². The average Bonchev–Trinajstić information content (AvgIpc) is 2.84. The van der Waals surface area contributed by atoms with Gasteiger partial charge in [-0.1, -0.05) is 41.6 Å². The van der Waals surface area contributed by atoms with E-state index < -0.39 is 6.29 Å². The number of pyridine rings is 1. The third kappa shape index (κ3) is 7.35. The number of likely N-dealkylation sites (N-methyl/N-ethyl adjacent to an activating group) is 1. The summed E-state index contributed by atoms with van der Waals surface area (Å²) in [4.78, 5) is 26.7. The number of rotatable bonds is 9. The number of nitrogens with zero attached hydrogens (tertiary/aromatic N) is 4. The Labute approximate surface area is 193 Å². The van der Waals surface area contributed by atoms with Crippen LogP contribution in [0, 0.1) is 0 Å². The first-order valence-corrected chi connectivity index (χ1v) is 10.7. The normalized spacial score (nSPS) is 15.2. The molecule has 0 saturated carbocycles. The Morgan fingerprint density at radius 2 is 1.94 bits per heavy atom. The molecule has 1 aliphatic rings. The van der Waals surface area contributed by atoms with Crippen molar-refractivity contribution in [1.82, 2.24) is 15.4 Å². The van der Waals surface area contributed by atoms with E-state index >= 15 is 0 Å². The highest BCUT2D eigenvalue weighted by atomic mass is 16.7. The molecule has 0 aliphatic carbocycles. The molecule has 0 radical (unpaired) electrons. The highest BCUT2D eigenvalue weighted by Gasteiger charge is 2.19. The molecule has 10 heteroatoms. The molecule has 1 amide bonds. The number of amides is 1. The van der Waals surface area contributed by atoms with Gasteiger partial charge in [0.15, 0.2) is 24.4 Å². The summed E-state index contributed by atoms with van der Waals surface area (Å²) in [6, 6.07) is 15.0. The molecule has 2 aromatic rings. The Morgan fingerprint density at radius 3 is 2.64 bits per heavy atom. The monoisotopic (exact) mass is 454 g/mol. The second-order valence-electron chi connectivity index (χ2n) is 7.20. The summed E-state index contributed by atoms with van der Waals surface area (Å²) in [5.41, 5.74) is 5.08. The second-order valence-corrected chi connectivity index (χ2v) is 7.20. The zero-order valence-electron chi connectivity index (χ0n) is 19.2. The van der Waals surface area contributed by atoms with Crippen LogP contribution < -0.4 is 10.7 Å². The minimum atomic E-state index is -0.513. The quantitative estimate of drug-likeness (QED) is 0.340. The van der Waals surface area contributed by atoms with Crippen LogP contribution in [-0.2, 0) is 25.7 Å². The van der Waals surface area contributed by atoms with Crippen molar-refractivity contribution in [3.05, 3.63) is 59.8 Å². The van der Waals surface area contributed by atoms with Crippen molar-refractivity contribution >= 4 is 23.3 Å². The molecule has 0 unspecified atom stereocenters. The first-order chi connectivity index (χ1) is 16.1. The van der Waals surface area contributed by atoms with Gasteiger partial charge >= 0.3 is 0 Å². The lowest BCUT2D eigenvalue weighted by atomic mass is 10.1. The van der Waals surface area contributed by atoms with Crippen LogP contribution >= 0.6 is 0 Å². The number of nitrogens with one attached hydrogen (secondary N) is 2. The van der Waals surface area contributed by atoms with Crippen LogP contribution in [0.5, 0.6) is 0 Å². The number of anilines is 1. The van der Waals surface area contributed by atoms with Crippen molar-refractivity contribution in [3.63, 3.8) is 0 Å². The Bertz CT molecular complexity index is 960. The summed E-state index contributed by atoms with van der Waals surface area (Å²) >= 11 is 0. The predicted molar refractivity (Wildman–Crippen MR) is 126 cm³/mol. The maximum absolute atomic E-state index is 12.3. The SMILES string of the molecule is CN=C(/C(=N\OCc1cccc(NC(=O)CC2OCCCO2)n1)c1ccccc1)N(C)NC. The van der Waals surface area contributed by atoms with E-state index in [-0.39, 0.29) is 18.9 Å². The fourth-order valence-corrected chi connectivity index (χ4v) is 3.13. The van der Waals surface area contributed by atoms with E-state index in [1.54, 1.807) is 37.3 Å². The zero-order chi connectivity index (χ0) is 23.5. The molecular formula is C23H30N6O4. The molecule has 10 nitrogen and oxygen atoms in total. The first-order valence-electron chi connectivity index (χ1n) is 10.7. The predicted octanol–water partition coefficient (Wildman–Crippen LogP) is 2.19. The lowest BCUT2D eigenvalue weighted by molar-refractivity contribution is -0.182. The van der Waals surface area contributed by atoms with E-state index in [4.69, 9.17) is 14.3 Å². The third-order valence-electron chi connectivity index (χ3n) is 4.81. The van der Waals surface area contributed by atoms with Crippen LogP contribution in [0.15, 0.2) is 58.7 Å². The van der Waals surface area contributed by atoms with Gasteiger partial charge in [-0.2, -0.15) is 0 Å². The summed E-state index contributed by atoms with van der Waals surface area (Å²) in [5, 5.41) is 8.86. The van der Waals surface area contributed by atoms with Crippen molar-refractivity contribution in [2.45, 2.75) is 25.7 Å². The number of benzene rings is 1. The topological polar surface area (TPSA) is 110 Å². The number of hydrogen-bond donors (Lipinski definition) is 2. The van der Waals surface area contributed by atoms with Gasteiger partial charge in [0.1, 0.15) is 5.82 Å². The van der Waals surface area contributed by atoms with Crippen molar-refractivity contribution in [1.29, 1.82) is 0 Å². The van der Waals surface area contributed by atoms with Gasteiger partial charge in [0.2, 0.25) is 5.91 Å². The molecule has 1 aliphatic heterocycles. The van der Waals surface area contributed by atoms with E-state index in [0.29, 0.717) is 36.3 Å². The molecule has 0 atom stereocenters. The number of ether oxygens (including phenoxy) is 2. The number of oxime groups is 1. The fourth-order valence-electron chi connectivity index (χ4n) is 3.13. The summed E-state index contributed by atoms with van der Waals surface area (Å²) in [6.45, 7) is 1.32. The van der Waals surface area contributed by atoms with E-state index in [2.05, 4.69) is 25.9 Å². The Kier molecular flexibility index (Phi) is 9.31. The van der Waals surface area contributed by atoms with Crippen LogP contribution in [0.3, 0.4) is 0 Å². The van der Waals surface area contributed by atoms with Gasteiger partial charge in [-0.15, -0.1) is 0 Å². The minimum absolute atomic E-state index is 0.116. The molecule has 0 spiro atoms. The van der Waals surface area contributed by atoms with E-state index in [1.165, 1.54) is 0 Å². The second kappa shape index (κ2) is 12.6. The minimum Gasteiger partial charge on any atom is -0.389 e. The first kappa shape index (κ1) is 24.3. The van der Waals surface area contributed by atoms with Gasteiger partial charge in [0, 0.05) is 26.7 Å². The molecule has 33 heavy (non-hydrogen) atoms. The number of aliphatic imine (C=N–C) groups is 1. The Hall–Kier alpha value is -3.34. The van der Waals surface area contributed by atoms with Crippen molar-refractivity contribution in [3.8, 4) is 0 Å². The fraction of sp³-hybridized carbons (Fsp3) is 0.391. The Morgan fingerprint density at radius 1 is 1.18 bits per heavy atom. The smallest absolute Gasteiger partial charge is 0.230 e. The summed E-state index contributed by atoms with van der Waals surface area (Å²) in [5.74, 6) is 0.815. The maximum atomic E-state index is 12.3. The standard InChI is InChI=1S/C23H30N6O4/c1-24-23(29(3)25-2)22(17-9-5-4-6-10-17)28-33-16-18-11-7-12-19(26-18)27-20(30)15-21-31-13-8-14-32-21/h4-7,9-12,21,25H,8,13-16H2,1-3H3,(H,26,27,30)/b24-23?,28-22-. The summed E-state index contributed by atoms with van der Waals surface area (Å²) in [6.07, 6.45) is 0.444. The lowest BCUT2D eigenvalue weighted by Gasteiger charge is -2.22. The molecule has 2 heterocycles. The van der Waals surface area contributed by atoms with Gasteiger partial charge in [-0.05, 0) is 18.6 Å². The van der Waals surface area contributed by atoms with E-state index in [9.17, 15) is 4.79 Å². The molecular weight excluding hydrogens is 424 g/mol. The van der Waals surface area contributed by atoms with Gasteiger partial charge in [0.05, 0.1) is 25.3 Å². The molecule has 1 fully saturated rings. The maximum Gasteiger partial charge on any atom is 0.230 e. The van der Waals surface area contributed by atoms with Gasteiger partial charge in [-0.3, -0.25) is 14.8 Å². The highest BCUT2D eigenvalue weighted by Crippen LogP contribution is 2.12. The lowest BCUT2D eigenvalue weighted by Crippen LogP contribution is -2.41. The van der Waals surface area contributed by atoms with Crippen molar-refractivity contribution in [2.24, 2.45) is 10.1 Å². The van der Waals surface area contributed by atoms with E-state index in [1.807, 2.05) is 37.4 Å². The van der Waals surface area contributed by atoms with Crippen LogP contribution in [-0.4, -0.2) is 68.1 Å². The number of amidine groups is 1. The average molecular weight is 455 g/mol. The molecule has 0 bridgehead atoms. The van der Waals surface area contributed by atoms with Crippen LogP contribution in [0.4, 0.5) is 5.82 Å². The number of carbonyl (C=O) groups excluding carboxylic acids is 1. The number of carbonyl (C=O) groups is 1. The molecule has 176 valence electrons.